The van der Waals surface area contributed by atoms with Crippen LogP contribution in [-0.2, 0) is 6.54 Å². The number of non-ortho nitro benzene ring substituents is 1. The Morgan fingerprint density at radius 1 is 1.15 bits per heavy atom. The van der Waals surface area contributed by atoms with Crippen LogP contribution in [0.2, 0.25) is 0 Å². The van der Waals surface area contributed by atoms with E-state index >= 15 is 0 Å². The van der Waals surface area contributed by atoms with Crippen molar-refractivity contribution >= 4 is 17.3 Å². The highest BCUT2D eigenvalue weighted by Gasteiger charge is 2.08. The maximum atomic E-state index is 10.7. The van der Waals surface area contributed by atoms with Gasteiger partial charge in [-0.1, -0.05) is 12.1 Å². The van der Waals surface area contributed by atoms with Crippen LogP contribution in [-0.4, -0.2) is 24.1 Å². The number of rotatable bonds is 8. The molecule has 0 bridgehead atoms. The molecule has 0 saturated carbocycles. The molecular formula is C18H22N4O4. The number of hydrogen-bond acceptors (Lipinski definition) is 5. The summed E-state index contributed by atoms with van der Waals surface area (Å²) in [5.41, 5.74) is 7.46. The molecule has 8 heteroatoms. The van der Waals surface area contributed by atoms with Crippen molar-refractivity contribution in [1.82, 2.24) is 0 Å². The summed E-state index contributed by atoms with van der Waals surface area (Å²) >= 11 is 0. The second-order valence-electron chi connectivity index (χ2n) is 5.27. The average molecular weight is 358 g/mol. The Kier molecular flexibility index (Phi) is 6.78. The number of aliphatic imine (C=N–C) groups is 1. The minimum atomic E-state index is -0.441. The molecule has 2 rings (SSSR count). The van der Waals surface area contributed by atoms with Crippen molar-refractivity contribution in [3.63, 3.8) is 0 Å². The third kappa shape index (κ3) is 5.37. The SMILES string of the molecule is CCOc1ccc(OCC)c(NC(N)=NCc2ccc([N+](=O)[O-])cc2)c1. The quantitative estimate of drug-likeness (QED) is 0.324. The molecule has 0 unspecified atom stereocenters. The van der Waals surface area contributed by atoms with Crippen molar-refractivity contribution in [1.29, 1.82) is 0 Å². The van der Waals surface area contributed by atoms with Gasteiger partial charge in [0.25, 0.3) is 5.69 Å². The Labute approximate surface area is 151 Å². The van der Waals surface area contributed by atoms with Crippen LogP contribution in [0.4, 0.5) is 11.4 Å². The first-order valence-corrected chi connectivity index (χ1v) is 8.23. The molecule has 138 valence electrons. The number of anilines is 1. The molecule has 2 aromatic rings. The standard InChI is InChI=1S/C18H22N4O4/c1-3-25-15-9-10-17(26-4-2)16(11-15)21-18(19)20-12-13-5-7-14(8-6-13)22(23)24/h5-11H,3-4,12H2,1-2H3,(H3,19,20,21). The Morgan fingerprint density at radius 3 is 2.46 bits per heavy atom. The molecule has 26 heavy (non-hydrogen) atoms. The summed E-state index contributed by atoms with van der Waals surface area (Å²) in [4.78, 5) is 14.5. The minimum Gasteiger partial charge on any atom is -0.494 e. The number of nitro benzene ring substituents is 1. The third-order valence-electron chi connectivity index (χ3n) is 3.40. The number of nitrogens with zero attached hydrogens (tertiary/aromatic N) is 2. The van der Waals surface area contributed by atoms with Crippen molar-refractivity contribution in [2.24, 2.45) is 10.7 Å². The van der Waals surface area contributed by atoms with Gasteiger partial charge in [0.05, 0.1) is 30.4 Å². The summed E-state index contributed by atoms with van der Waals surface area (Å²) in [5.74, 6) is 1.55. The maximum absolute atomic E-state index is 10.7. The van der Waals surface area contributed by atoms with Crippen LogP contribution in [0.1, 0.15) is 19.4 Å². The van der Waals surface area contributed by atoms with E-state index in [4.69, 9.17) is 15.2 Å². The summed E-state index contributed by atoms with van der Waals surface area (Å²) in [6.45, 7) is 5.17. The van der Waals surface area contributed by atoms with Gasteiger partial charge in [-0.3, -0.25) is 10.1 Å². The van der Waals surface area contributed by atoms with Crippen LogP contribution in [0.25, 0.3) is 0 Å². The minimum absolute atomic E-state index is 0.0397. The zero-order chi connectivity index (χ0) is 18.9. The fraction of sp³-hybridized carbons (Fsp3) is 0.278. The molecule has 0 heterocycles. The van der Waals surface area contributed by atoms with E-state index in [-0.39, 0.29) is 11.6 Å². The molecule has 0 aliphatic rings. The Balaban J connectivity index is 2.09. The molecule has 0 amide bonds. The van der Waals surface area contributed by atoms with Crippen molar-refractivity contribution in [2.45, 2.75) is 20.4 Å². The monoisotopic (exact) mass is 358 g/mol. The van der Waals surface area contributed by atoms with Crippen LogP contribution in [0.15, 0.2) is 47.5 Å². The van der Waals surface area contributed by atoms with Crippen LogP contribution in [0.5, 0.6) is 11.5 Å². The highest BCUT2D eigenvalue weighted by molar-refractivity contribution is 5.94. The van der Waals surface area contributed by atoms with Crippen LogP contribution in [0, 0.1) is 10.1 Å². The van der Waals surface area contributed by atoms with Gasteiger partial charge in [-0.2, -0.15) is 0 Å². The molecule has 3 N–H and O–H groups in total. The van der Waals surface area contributed by atoms with Gasteiger partial charge in [-0.25, -0.2) is 4.99 Å². The van der Waals surface area contributed by atoms with Gasteiger partial charge in [0.15, 0.2) is 5.96 Å². The maximum Gasteiger partial charge on any atom is 0.269 e. The van der Waals surface area contributed by atoms with Gasteiger partial charge < -0.3 is 20.5 Å². The van der Waals surface area contributed by atoms with Gasteiger partial charge in [0.2, 0.25) is 0 Å². The van der Waals surface area contributed by atoms with E-state index in [1.807, 2.05) is 19.9 Å². The lowest BCUT2D eigenvalue weighted by Gasteiger charge is -2.14. The first-order chi connectivity index (χ1) is 12.5. The average Bonchev–Trinajstić information content (AvgIpc) is 2.63. The van der Waals surface area contributed by atoms with Crippen molar-refractivity contribution in [3.05, 3.63) is 58.1 Å². The predicted octanol–water partition coefficient (Wildman–Crippen LogP) is 3.32. The third-order valence-corrected chi connectivity index (χ3v) is 3.40. The van der Waals surface area contributed by atoms with Gasteiger partial charge >= 0.3 is 0 Å². The molecule has 8 nitrogen and oxygen atoms in total. The van der Waals surface area contributed by atoms with Crippen LogP contribution < -0.4 is 20.5 Å². The molecule has 0 aromatic heterocycles. The highest BCUT2D eigenvalue weighted by atomic mass is 16.6. The second kappa shape index (κ2) is 9.26. The normalized spacial score (nSPS) is 11.1. The summed E-state index contributed by atoms with van der Waals surface area (Å²) in [7, 11) is 0. The topological polar surface area (TPSA) is 112 Å². The van der Waals surface area contributed by atoms with Gasteiger partial charge in [0, 0.05) is 18.2 Å². The largest absolute Gasteiger partial charge is 0.494 e. The zero-order valence-corrected chi connectivity index (χ0v) is 14.8. The number of hydrogen-bond donors (Lipinski definition) is 2. The number of nitro groups is 1. The van der Waals surface area contributed by atoms with Crippen molar-refractivity contribution in [2.75, 3.05) is 18.5 Å². The fourth-order valence-electron chi connectivity index (χ4n) is 2.22. The van der Waals surface area contributed by atoms with E-state index in [0.717, 1.165) is 5.56 Å². The fourth-order valence-corrected chi connectivity index (χ4v) is 2.22. The van der Waals surface area contributed by atoms with Crippen molar-refractivity contribution in [3.8, 4) is 11.5 Å². The van der Waals surface area contributed by atoms with Crippen molar-refractivity contribution < 1.29 is 14.4 Å². The second-order valence-corrected chi connectivity index (χ2v) is 5.27. The Hall–Kier alpha value is -3.29. The predicted molar refractivity (Wildman–Crippen MR) is 101 cm³/mol. The van der Waals surface area contributed by atoms with Crippen LogP contribution >= 0.6 is 0 Å². The van der Waals surface area contributed by atoms with E-state index in [1.165, 1.54) is 12.1 Å². The number of nitrogens with one attached hydrogen (secondary N) is 1. The summed E-state index contributed by atoms with van der Waals surface area (Å²) in [6.07, 6.45) is 0. The Bertz CT molecular complexity index is 775. The first-order valence-electron chi connectivity index (χ1n) is 8.23. The smallest absolute Gasteiger partial charge is 0.269 e. The summed E-state index contributed by atoms with van der Waals surface area (Å²) in [5, 5.41) is 13.7. The van der Waals surface area contributed by atoms with E-state index < -0.39 is 4.92 Å². The summed E-state index contributed by atoms with van der Waals surface area (Å²) < 4.78 is 11.1. The molecule has 0 fully saturated rings. The number of guanidine groups is 1. The molecule has 2 aromatic carbocycles. The molecule has 0 radical (unpaired) electrons. The lowest BCUT2D eigenvalue weighted by Crippen LogP contribution is -2.23. The molecular weight excluding hydrogens is 336 g/mol. The van der Waals surface area contributed by atoms with Crippen LogP contribution in [0.3, 0.4) is 0 Å². The van der Waals surface area contributed by atoms with E-state index in [9.17, 15) is 10.1 Å². The number of benzene rings is 2. The van der Waals surface area contributed by atoms with Gasteiger partial charge in [-0.15, -0.1) is 0 Å². The molecule has 0 saturated heterocycles. The highest BCUT2D eigenvalue weighted by Crippen LogP contribution is 2.29. The number of ether oxygens (including phenoxy) is 2. The molecule has 0 spiro atoms. The molecule has 0 aliphatic carbocycles. The van der Waals surface area contributed by atoms with Gasteiger partial charge in [-0.05, 0) is 31.5 Å². The van der Waals surface area contributed by atoms with E-state index in [2.05, 4.69) is 10.3 Å². The zero-order valence-electron chi connectivity index (χ0n) is 14.8. The molecule has 0 atom stereocenters. The Morgan fingerprint density at radius 2 is 1.85 bits per heavy atom. The number of nitrogens with two attached hydrogens (primary N) is 1. The first kappa shape index (κ1) is 19.0. The van der Waals surface area contributed by atoms with E-state index in [1.54, 1.807) is 24.3 Å². The summed E-state index contributed by atoms with van der Waals surface area (Å²) in [6, 6.07) is 11.6. The molecule has 0 aliphatic heterocycles. The van der Waals surface area contributed by atoms with E-state index in [0.29, 0.717) is 36.9 Å². The lowest BCUT2D eigenvalue weighted by atomic mass is 10.2. The van der Waals surface area contributed by atoms with Gasteiger partial charge in [0.1, 0.15) is 11.5 Å². The lowest BCUT2D eigenvalue weighted by molar-refractivity contribution is -0.384.